The van der Waals surface area contributed by atoms with Gasteiger partial charge in [0.15, 0.2) is 0 Å². The van der Waals surface area contributed by atoms with E-state index in [1.54, 1.807) is 25.0 Å². The second kappa shape index (κ2) is 4.13. The molecule has 0 aliphatic heterocycles. The first-order valence-electron chi connectivity index (χ1n) is 4.34. The van der Waals surface area contributed by atoms with E-state index >= 15 is 0 Å². The minimum atomic E-state index is -0.816. The van der Waals surface area contributed by atoms with Gasteiger partial charge in [0.1, 0.15) is 0 Å². The molecule has 1 rings (SSSR count). The fourth-order valence-corrected chi connectivity index (χ4v) is 1.40. The summed E-state index contributed by atoms with van der Waals surface area (Å²) in [5.74, 6) is -0.279. The average Bonchev–Trinajstić information content (AvgIpc) is 2.45. The third kappa shape index (κ3) is 2.04. The Labute approximate surface area is 82.3 Å². The van der Waals surface area contributed by atoms with E-state index < -0.39 is 5.97 Å². The number of carboxylic acid groups (broad SMARTS) is 1. The highest BCUT2D eigenvalue weighted by atomic mass is 16.5. The summed E-state index contributed by atoms with van der Waals surface area (Å²) in [5, 5.41) is 12.7. The molecule has 5 nitrogen and oxygen atoms in total. The van der Waals surface area contributed by atoms with Gasteiger partial charge < -0.3 is 9.84 Å². The normalized spacial score (nSPS) is 12.5. The first-order valence-corrected chi connectivity index (χ1v) is 4.34. The zero-order valence-corrected chi connectivity index (χ0v) is 8.52. The van der Waals surface area contributed by atoms with Crippen molar-refractivity contribution in [2.75, 3.05) is 7.11 Å². The van der Waals surface area contributed by atoms with Crippen LogP contribution in [0.1, 0.15) is 24.8 Å². The van der Waals surface area contributed by atoms with Crippen LogP contribution in [0.5, 0.6) is 5.88 Å². The number of carboxylic acids is 1. The predicted molar refractivity (Wildman–Crippen MR) is 50.4 cm³/mol. The van der Waals surface area contributed by atoms with Crippen LogP contribution in [0.2, 0.25) is 0 Å². The van der Waals surface area contributed by atoms with Crippen molar-refractivity contribution < 1.29 is 14.6 Å². The number of nitrogens with zero attached hydrogens (tertiary/aromatic N) is 2. The molecule has 0 aromatic carbocycles. The van der Waals surface area contributed by atoms with Gasteiger partial charge in [0.05, 0.1) is 19.7 Å². The number of aryl methyl sites for hydroxylation is 1. The van der Waals surface area contributed by atoms with E-state index in [1.807, 2.05) is 6.92 Å². The van der Waals surface area contributed by atoms with Crippen LogP contribution >= 0.6 is 0 Å². The van der Waals surface area contributed by atoms with Crippen LogP contribution in [0.4, 0.5) is 0 Å². The van der Waals surface area contributed by atoms with Crippen molar-refractivity contribution in [1.82, 2.24) is 9.78 Å². The number of rotatable bonds is 4. The quantitative estimate of drug-likeness (QED) is 0.784. The number of aliphatic carboxylic acids is 1. The highest BCUT2D eigenvalue weighted by Crippen LogP contribution is 2.27. The lowest BCUT2D eigenvalue weighted by Gasteiger charge is -2.09. The van der Waals surface area contributed by atoms with Crippen molar-refractivity contribution >= 4 is 5.97 Å². The molecular weight excluding hydrogens is 184 g/mol. The monoisotopic (exact) mass is 198 g/mol. The van der Waals surface area contributed by atoms with Crippen molar-refractivity contribution in [1.29, 1.82) is 0 Å². The maximum Gasteiger partial charge on any atom is 0.303 e. The van der Waals surface area contributed by atoms with Gasteiger partial charge in [-0.2, -0.15) is 5.10 Å². The molecule has 1 N–H and O–H groups in total. The molecule has 0 bridgehead atoms. The number of hydrogen-bond donors (Lipinski definition) is 1. The number of methoxy groups -OCH3 is 1. The number of aromatic nitrogens is 2. The lowest BCUT2D eigenvalue weighted by atomic mass is 10.0. The van der Waals surface area contributed by atoms with Crippen LogP contribution in [-0.2, 0) is 11.8 Å². The van der Waals surface area contributed by atoms with Crippen molar-refractivity contribution in [3.05, 3.63) is 11.8 Å². The molecule has 1 unspecified atom stereocenters. The number of hydrogen-bond acceptors (Lipinski definition) is 3. The minimum absolute atomic E-state index is 0.0854. The summed E-state index contributed by atoms with van der Waals surface area (Å²) in [6, 6.07) is 0. The van der Waals surface area contributed by atoms with Crippen LogP contribution in [0.15, 0.2) is 6.20 Å². The largest absolute Gasteiger partial charge is 0.481 e. The molecule has 5 heteroatoms. The van der Waals surface area contributed by atoms with Crippen LogP contribution < -0.4 is 4.74 Å². The third-order valence-electron chi connectivity index (χ3n) is 2.12. The third-order valence-corrected chi connectivity index (χ3v) is 2.12. The van der Waals surface area contributed by atoms with E-state index in [0.29, 0.717) is 5.88 Å². The fraction of sp³-hybridized carbons (Fsp3) is 0.556. The summed E-state index contributed by atoms with van der Waals surface area (Å²) in [7, 11) is 3.31. The van der Waals surface area contributed by atoms with E-state index in [-0.39, 0.29) is 12.3 Å². The van der Waals surface area contributed by atoms with Crippen molar-refractivity contribution in [2.24, 2.45) is 7.05 Å². The second-order valence-corrected chi connectivity index (χ2v) is 3.23. The molecule has 1 heterocycles. The van der Waals surface area contributed by atoms with Crippen LogP contribution in [0.3, 0.4) is 0 Å². The average molecular weight is 198 g/mol. The molecule has 0 amide bonds. The predicted octanol–water partition coefficient (Wildman–Crippen LogP) is 1.01. The summed E-state index contributed by atoms with van der Waals surface area (Å²) < 4.78 is 6.72. The molecule has 0 aliphatic carbocycles. The van der Waals surface area contributed by atoms with Crippen molar-refractivity contribution in [2.45, 2.75) is 19.3 Å². The van der Waals surface area contributed by atoms with Crippen LogP contribution in [0.25, 0.3) is 0 Å². The fourth-order valence-electron chi connectivity index (χ4n) is 1.40. The molecule has 0 aliphatic rings. The Morgan fingerprint density at radius 1 is 1.79 bits per heavy atom. The van der Waals surface area contributed by atoms with Gasteiger partial charge in [-0.15, -0.1) is 0 Å². The SMILES string of the molecule is COc1c(C(C)CC(=O)O)cnn1C. The molecule has 0 fully saturated rings. The van der Waals surface area contributed by atoms with Crippen molar-refractivity contribution in [3.63, 3.8) is 0 Å². The maximum absolute atomic E-state index is 10.5. The maximum atomic E-state index is 10.5. The lowest BCUT2D eigenvalue weighted by molar-refractivity contribution is -0.137. The molecule has 1 aromatic heterocycles. The van der Waals surface area contributed by atoms with Crippen molar-refractivity contribution in [3.8, 4) is 5.88 Å². The zero-order chi connectivity index (χ0) is 10.7. The molecule has 14 heavy (non-hydrogen) atoms. The zero-order valence-electron chi connectivity index (χ0n) is 8.52. The Kier molecular flexibility index (Phi) is 3.11. The van der Waals surface area contributed by atoms with Crippen LogP contribution in [0, 0.1) is 0 Å². The molecule has 0 saturated heterocycles. The molecule has 1 atom stereocenters. The highest BCUT2D eigenvalue weighted by molar-refractivity contribution is 5.68. The Bertz CT molecular complexity index is 333. The topological polar surface area (TPSA) is 64.3 Å². The Hall–Kier alpha value is -1.52. The summed E-state index contributed by atoms with van der Waals surface area (Å²) in [4.78, 5) is 10.5. The molecule has 0 spiro atoms. The van der Waals surface area contributed by atoms with E-state index in [0.717, 1.165) is 5.56 Å². The Morgan fingerprint density at radius 2 is 2.43 bits per heavy atom. The van der Waals surface area contributed by atoms with E-state index in [1.165, 1.54) is 0 Å². The molecule has 1 aromatic rings. The van der Waals surface area contributed by atoms with Gasteiger partial charge in [-0.25, -0.2) is 4.68 Å². The van der Waals surface area contributed by atoms with E-state index in [9.17, 15) is 4.79 Å². The molecule has 78 valence electrons. The summed E-state index contributed by atoms with van der Waals surface area (Å²) >= 11 is 0. The lowest BCUT2D eigenvalue weighted by Crippen LogP contribution is -2.04. The first kappa shape index (κ1) is 10.6. The van der Waals surface area contributed by atoms with Gasteiger partial charge >= 0.3 is 5.97 Å². The number of carbonyl (C=O) groups is 1. The van der Waals surface area contributed by atoms with Crippen LogP contribution in [-0.4, -0.2) is 28.0 Å². The summed E-state index contributed by atoms with van der Waals surface area (Å²) in [6.07, 6.45) is 1.73. The molecule has 0 radical (unpaired) electrons. The van der Waals surface area contributed by atoms with Gasteiger partial charge in [-0.1, -0.05) is 6.92 Å². The minimum Gasteiger partial charge on any atom is -0.481 e. The first-order chi connectivity index (χ1) is 6.56. The van der Waals surface area contributed by atoms with Gasteiger partial charge in [0.25, 0.3) is 0 Å². The smallest absolute Gasteiger partial charge is 0.303 e. The summed E-state index contributed by atoms with van der Waals surface area (Å²) in [5.41, 5.74) is 0.831. The van der Waals surface area contributed by atoms with Gasteiger partial charge in [0, 0.05) is 12.6 Å². The standard InChI is InChI=1S/C9H14N2O3/c1-6(4-8(12)13)7-5-10-11(2)9(7)14-3/h5-6H,4H2,1-3H3,(H,12,13). The molecule has 0 saturated carbocycles. The molecular formula is C9H14N2O3. The van der Waals surface area contributed by atoms with Gasteiger partial charge in [0.2, 0.25) is 5.88 Å². The van der Waals surface area contributed by atoms with Gasteiger partial charge in [-0.05, 0) is 5.92 Å². The Morgan fingerprint density at radius 3 is 2.93 bits per heavy atom. The van der Waals surface area contributed by atoms with Gasteiger partial charge in [-0.3, -0.25) is 4.79 Å². The Balaban J connectivity index is 2.88. The number of ether oxygens (including phenoxy) is 1. The highest BCUT2D eigenvalue weighted by Gasteiger charge is 2.17. The second-order valence-electron chi connectivity index (χ2n) is 3.23. The summed E-state index contributed by atoms with van der Waals surface area (Å²) in [6.45, 7) is 1.84. The van der Waals surface area contributed by atoms with E-state index in [4.69, 9.17) is 9.84 Å². The van der Waals surface area contributed by atoms with E-state index in [2.05, 4.69) is 5.10 Å².